The second kappa shape index (κ2) is 6.81. The predicted molar refractivity (Wildman–Crippen MR) is 50.7 cm³/mol. The molecule has 0 spiro atoms. The fourth-order valence-electron chi connectivity index (χ4n) is 1.10. The molecule has 0 radical (unpaired) electrons. The van der Waals surface area contributed by atoms with Crippen LogP contribution in [0.5, 0.6) is 0 Å². The zero-order chi connectivity index (χ0) is 7.56. The van der Waals surface area contributed by atoms with Crippen LogP contribution in [0.3, 0.4) is 0 Å². The molecule has 62 valence electrons. The van der Waals surface area contributed by atoms with Gasteiger partial charge in [-0.05, 0) is 0 Å². The Morgan fingerprint density at radius 1 is 1.17 bits per heavy atom. The molecule has 0 saturated carbocycles. The van der Waals surface area contributed by atoms with Gasteiger partial charge in [0.15, 0.2) is 0 Å². The van der Waals surface area contributed by atoms with Crippen LogP contribution < -0.4 is 17.0 Å². The van der Waals surface area contributed by atoms with Gasteiger partial charge in [0, 0.05) is 0 Å². The van der Waals surface area contributed by atoms with Crippen molar-refractivity contribution in [2.75, 3.05) is 0 Å². The van der Waals surface area contributed by atoms with E-state index in [-0.39, 0.29) is 40.0 Å². The zero-order valence-electron chi connectivity index (χ0n) is 7.68. The number of rotatable bonds is 1. The Kier molecular flexibility index (Phi) is 8.42. The Balaban J connectivity index is 0. The molecule has 1 rings (SSSR count). The van der Waals surface area contributed by atoms with Gasteiger partial charge in [0.25, 0.3) is 0 Å². The summed E-state index contributed by atoms with van der Waals surface area (Å²) in [6, 6.07) is 8.26. The number of halogens is 1. The van der Waals surface area contributed by atoms with Crippen molar-refractivity contribution in [2.45, 2.75) is 19.8 Å². The first-order valence-electron chi connectivity index (χ1n) is 3.62. The summed E-state index contributed by atoms with van der Waals surface area (Å²) in [5, 5.41) is 0. The summed E-state index contributed by atoms with van der Waals surface area (Å²) >= 11 is 0. The maximum absolute atomic E-state index is 3.94. The van der Waals surface area contributed by atoms with Crippen molar-refractivity contribution in [3.05, 3.63) is 42.3 Å². The van der Waals surface area contributed by atoms with Gasteiger partial charge in [-0.3, -0.25) is 0 Å². The van der Waals surface area contributed by atoms with Crippen molar-refractivity contribution in [3.63, 3.8) is 0 Å². The Morgan fingerprint density at radius 3 is 2.00 bits per heavy atom. The quantitative estimate of drug-likeness (QED) is 0.461. The van der Waals surface area contributed by atoms with Crippen LogP contribution in [-0.4, -0.2) is 23.1 Å². The van der Waals surface area contributed by atoms with Crippen molar-refractivity contribution in [1.29, 1.82) is 0 Å². The minimum absolute atomic E-state index is 0. The molecule has 0 fully saturated rings. The van der Waals surface area contributed by atoms with Gasteiger partial charge < -0.3 is 17.0 Å². The minimum atomic E-state index is 0. The van der Waals surface area contributed by atoms with Crippen molar-refractivity contribution < 1.29 is 17.0 Å². The Morgan fingerprint density at radius 2 is 1.67 bits per heavy atom. The molecule has 0 aliphatic rings. The molecule has 12 heavy (non-hydrogen) atoms. The Bertz CT molecular complexity index is 221. The van der Waals surface area contributed by atoms with Gasteiger partial charge in [-0.25, -0.2) is 0 Å². The smallest absolute Gasteiger partial charge is 1.00 e. The number of hydrogen-bond acceptors (Lipinski definition) is 0. The molecule has 0 amide bonds. The molecule has 0 nitrogen and oxygen atoms in total. The summed E-state index contributed by atoms with van der Waals surface area (Å²) in [4.78, 5) is 0. The van der Waals surface area contributed by atoms with Crippen LogP contribution in [-0.2, 0) is 0 Å². The number of hydrogen-bond donors (Lipinski definition) is 0. The van der Waals surface area contributed by atoms with E-state index in [1.165, 1.54) is 5.56 Å². The fraction of sp³-hybridized carbons (Fsp3) is 0.300. The van der Waals surface area contributed by atoms with Crippen LogP contribution in [0.2, 0.25) is 0 Å². The summed E-state index contributed by atoms with van der Waals surface area (Å²) in [5.74, 6) is 0.591. The molecule has 0 saturated heterocycles. The van der Waals surface area contributed by atoms with E-state index in [2.05, 4.69) is 39.0 Å². The van der Waals surface area contributed by atoms with Crippen LogP contribution in [0.1, 0.15) is 30.9 Å². The SMILES string of the molecule is [Br-].[CH2-]c1ccccc1C(C)C.[Mg+2]. The Labute approximate surface area is 102 Å². The third-order valence-electron chi connectivity index (χ3n) is 1.68. The average Bonchev–Trinajstić information content (AvgIpc) is 1.88. The standard InChI is InChI=1S/C10H13.BrH.Mg/c1-8(2)10-7-5-4-6-9(10)3;;/h4-8H,3H2,1-2H3;1H;/q-1;;+2/p-1. The molecule has 1 aromatic rings. The molecule has 0 bridgehead atoms. The van der Waals surface area contributed by atoms with Crippen LogP contribution in [0, 0.1) is 6.92 Å². The molecule has 0 aliphatic carbocycles. The molecule has 1 aromatic carbocycles. The van der Waals surface area contributed by atoms with Gasteiger partial charge in [0.1, 0.15) is 0 Å². The van der Waals surface area contributed by atoms with E-state index in [9.17, 15) is 0 Å². The van der Waals surface area contributed by atoms with Crippen molar-refractivity contribution >= 4 is 23.1 Å². The summed E-state index contributed by atoms with van der Waals surface area (Å²) in [5.41, 5.74) is 2.50. The first kappa shape index (κ1) is 14.8. The van der Waals surface area contributed by atoms with Crippen LogP contribution >= 0.6 is 0 Å². The van der Waals surface area contributed by atoms with Gasteiger partial charge >= 0.3 is 23.1 Å². The molecular weight excluding hydrogens is 224 g/mol. The largest absolute Gasteiger partial charge is 2.00 e. The van der Waals surface area contributed by atoms with Crippen molar-refractivity contribution in [3.8, 4) is 0 Å². The van der Waals surface area contributed by atoms with E-state index < -0.39 is 0 Å². The zero-order valence-corrected chi connectivity index (χ0v) is 10.7. The monoisotopic (exact) mass is 236 g/mol. The van der Waals surface area contributed by atoms with Crippen LogP contribution in [0.4, 0.5) is 0 Å². The maximum atomic E-state index is 3.94. The van der Waals surface area contributed by atoms with E-state index in [4.69, 9.17) is 0 Å². The second-order valence-corrected chi connectivity index (χ2v) is 2.85. The maximum Gasteiger partial charge on any atom is 2.00 e. The van der Waals surface area contributed by atoms with Gasteiger partial charge in [-0.15, -0.1) is 17.7 Å². The van der Waals surface area contributed by atoms with Crippen LogP contribution in [0.15, 0.2) is 24.3 Å². The predicted octanol–water partition coefficient (Wildman–Crippen LogP) is -0.385. The average molecular weight is 237 g/mol. The molecule has 0 unspecified atom stereocenters. The Hall–Kier alpha value is 0.336. The summed E-state index contributed by atoms with van der Waals surface area (Å²) in [6.07, 6.45) is 0. The molecule has 0 N–H and O–H groups in total. The fourth-order valence-corrected chi connectivity index (χ4v) is 1.10. The van der Waals surface area contributed by atoms with E-state index >= 15 is 0 Å². The molecule has 0 atom stereocenters. The molecule has 2 heteroatoms. The third kappa shape index (κ3) is 3.83. The summed E-state index contributed by atoms with van der Waals surface area (Å²) < 4.78 is 0. The first-order chi connectivity index (χ1) is 4.72. The van der Waals surface area contributed by atoms with Crippen molar-refractivity contribution in [2.24, 2.45) is 0 Å². The molecule has 0 aliphatic heterocycles. The van der Waals surface area contributed by atoms with Crippen LogP contribution in [0.25, 0.3) is 0 Å². The summed E-state index contributed by atoms with van der Waals surface area (Å²) in [7, 11) is 0. The molecule has 0 aromatic heterocycles. The van der Waals surface area contributed by atoms with Crippen molar-refractivity contribution in [1.82, 2.24) is 0 Å². The van der Waals surface area contributed by atoms with Gasteiger partial charge in [0.2, 0.25) is 0 Å². The van der Waals surface area contributed by atoms with E-state index in [1.807, 2.05) is 6.07 Å². The first-order valence-corrected chi connectivity index (χ1v) is 3.62. The number of benzene rings is 1. The van der Waals surface area contributed by atoms with Gasteiger partial charge in [0.05, 0.1) is 0 Å². The van der Waals surface area contributed by atoms with E-state index in [0.717, 1.165) is 5.56 Å². The van der Waals surface area contributed by atoms with E-state index in [1.54, 1.807) is 0 Å². The molecule has 0 heterocycles. The molecular formula is C10H13BrMg. The van der Waals surface area contributed by atoms with E-state index in [0.29, 0.717) is 5.92 Å². The third-order valence-corrected chi connectivity index (χ3v) is 1.68. The normalized spacial score (nSPS) is 8.58. The van der Waals surface area contributed by atoms with Gasteiger partial charge in [-0.1, -0.05) is 25.8 Å². The topological polar surface area (TPSA) is 0 Å². The summed E-state index contributed by atoms with van der Waals surface area (Å²) in [6.45, 7) is 8.31. The minimum Gasteiger partial charge on any atom is -1.00 e. The second-order valence-electron chi connectivity index (χ2n) is 2.85. The van der Waals surface area contributed by atoms with Gasteiger partial charge in [-0.2, -0.15) is 18.6 Å².